The molecule has 0 aliphatic rings. The minimum Gasteiger partial charge on any atom is -0.492 e. The van der Waals surface area contributed by atoms with Crippen molar-refractivity contribution in [3.05, 3.63) is 24.3 Å². The minimum atomic E-state index is -0.521. The standard InChI is InChI=1S/C12H14BrNO4/c1-8(15)14-9-4-3-5-10(6-9)18-7-11(13)12(16)17-2/h3-6,11H,7H2,1-2H3,(H,14,15). The summed E-state index contributed by atoms with van der Waals surface area (Å²) < 4.78 is 9.97. The number of ether oxygens (including phenoxy) is 2. The molecule has 0 heterocycles. The molecular formula is C12H14BrNO4. The Bertz CT molecular complexity index is 436. The first-order valence-corrected chi connectivity index (χ1v) is 6.17. The lowest BCUT2D eigenvalue weighted by molar-refractivity contribution is -0.140. The average molecular weight is 316 g/mol. The van der Waals surface area contributed by atoms with Gasteiger partial charge < -0.3 is 14.8 Å². The van der Waals surface area contributed by atoms with Gasteiger partial charge in [0, 0.05) is 18.7 Å². The van der Waals surface area contributed by atoms with Crippen molar-refractivity contribution < 1.29 is 19.1 Å². The number of hydrogen-bond acceptors (Lipinski definition) is 4. The highest BCUT2D eigenvalue weighted by Crippen LogP contribution is 2.18. The first kappa shape index (κ1) is 14.5. The molecule has 1 atom stereocenters. The highest BCUT2D eigenvalue weighted by molar-refractivity contribution is 9.10. The van der Waals surface area contributed by atoms with Gasteiger partial charge in [-0.05, 0) is 12.1 Å². The zero-order valence-electron chi connectivity index (χ0n) is 10.1. The Morgan fingerprint density at radius 1 is 1.44 bits per heavy atom. The Hall–Kier alpha value is -1.56. The molecule has 0 spiro atoms. The molecule has 1 rings (SSSR count). The maximum Gasteiger partial charge on any atom is 0.322 e. The fraction of sp³-hybridized carbons (Fsp3) is 0.333. The van der Waals surface area contributed by atoms with Gasteiger partial charge in [0.25, 0.3) is 0 Å². The van der Waals surface area contributed by atoms with Gasteiger partial charge in [0.1, 0.15) is 17.2 Å². The molecule has 1 unspecified atom stereocenters. The van der Waals surface area contributed by atoms with E-state index < -0.39 is 10.8 Å². The van der Waals surface area contributed by atoms with Gasteiger partial charge in [-0.2, -0.15) is 0 Å². The number of anilines is 1. The predicted molar refractivity (Wildman–Crippen MR) is 71.0 cm³/mol. The van der Waals surface area contributed by atoms with E-state index in [9.17, 15) is 9.59 Å². The Kier molecular flexibility index (Phi) is 5.64. The van der Waals surface area contributed by atoms with Crippen LogP contribution in [0.4, 0.5) is 5.69 Å². The lowest BCUT2D eigenvalue weighted by Gasteiger charge is -2.11. The highest BCUT2D eigenvalue weighted by Gasteiger charge is 2.15. The number of hydrogen-bond donors (Lipinski definition) is 1. The molecular weight excluding hydrogens is 302 g/mol. The Labute approximate surface area is 114 Å². The number of nitrogens with one attached hydrogen (secondary N) is 1. The van der Waals surface area contributed by atoms with Crippen LogP contribution in [0.3, 0.4) is 0 Å². The van der Waals surface area contributed by atoms with E-state index in [1.165, 1.54) is 14.0 Å². The quantitative estimate of drug-likeness (QED) is 0.666. The van der Waals surface area contributed by atoms with E-state index in [4.69, 9.17) is 4.74 Å². The maximum absolute atomic E-state index is 11.1. The summed E-state index contributed by atoms with van der Waals surface area (Å²) >= 11 is 3.15. The van der Waals surface area contributed by atoms with Crippen LogP contribution in [0, 0.1) is 0 Å². The van der Waals surface area contributed by atoms with E-state index in [1.54, 1.807) is 24.3 Å². The molecule has 1 amide bonds. The van der Waals surface area contributed by atoms with E-state index in [0.717, 1.165) is 0 Å². The van der Waals surface area contributed by atoms with Crippen LogP contribution in [0.25, 0.3) is 0 Å². The number of carbonyl (C=O) groups excluding carboxylic acids is 2. The van der Waals surface area contributed by atoms with Crippen molar-refractivity contribution in [3.8, 4) is 5.75 Å². The number of alkyl halides is 1. The van der Waals surface area contributed by atoms with Crippen LogP contribution < -0.4 is 10.1 Å². The summed E-state index contributed by atoms with van der Waals surface area (Å²) in [7, 11) is 1.31. The lowest BCUT2D eigenvalue weighted by atomic mass is 10.3. The van der Waals surface area contributed by atoms with Crippen LogP contribution in [0.1, 0.15) is 6.92 Å². The van der Waals surface area contributed by atoms with Crippen molar-refractivity contribution in [2.24, 2.45) is 0 Å². The number of rotatable bonds is 5. The van der Waals surface area contributed by atoms with Gasteiger partial charge in [0.15, 0.2) is 0 Å². The summed E-state index contributed by atoms with van der Waals surface area (Å²) in [6.07, 6.45) is 0. The van der Waals surface area contributed by atoms with E-state index in [1.807, 2.05) is 0 Å². The number of methoxy groups -OCH3 is 1. The maximum atomic E-state index is 11.1. The molecule has 0 aromatic heterocycles. The van der Waals surface area contributed by atoms with Crippen LogP contribution in [0.2, 0.25) is 0 Å². The third-order valence-electron chi connectivity index (χ3n) is 2.01. The molecule has 5 nitrogen and oxygen atoms in total. The van der Waals surface area contributed by atoms with Gasteiger partial charge in [-0.25, -0.2) is 0 Å². The van der Waals surface area contributed by atoms with Gasteiger partial charge in [0.05, 0.1) is 7.11 Å². The van der Waals surface area contributed by atoms with Gasteiger partial charge >= 0.3 is 5.97 Å². The SMILES string of the molecule is COC(=O)C(Br)COc1cccc(NC(C)=O)c1. The predicted octanol–water partition coefficient (Wildman–Crippen LogP) is 1.96. The van der Waals surface area contributed by atoms with Crippen LogP contribution in [-0.2, 0) is 14.3 Å². The number of carbonyl (C=O) groups is 2. The van der Waals surface area contributed by atoms with Crippen LogP contribution >= 0.6 is 15.9 Å². The van der Waals surface area contributed by atoms with Crippen molar-refractivity contribution in [1.82, 2.24) is 0 Å². The van der Waals surface area contributed by atoms with E-state index in [-0.39, 0.29) is 12.5 Å². The fourth-order valence-electron chi connectivity index (χ4n) is 1.23. The first-order valence-electron chi connectivity index (χ1n) is 5.25. The van der Waals surface area contributed by atoms with Crippen LogP contribution in [0.15, 0.2) is 24.3 Å². The zero-order chi connectivity index (χ0) is 13.5. The lowest BCUT2D eigenvalue weighted by Crippen LogP contribution is -2.22. The van der Waals surface area contributed by atoms with Crippen molar-refractivity contribution in [2.75, 3.05) is 19.0 Å². The summed E-state index contributed by atoms with van der Waals surface area (Å²) in [5.74, 6) is 0.0164. The highest BCUT2D eigenvalue weighted by atomic mass is 79.9. The summed E-state index contributed by atoms with van der Waals surface area (Å²) in [6.45, 7) is 1.58. The third-order valence-corrected chi connectivity index (χ3v) is 2.65. The molecule has 0 radical (unpaired) electrons. The van der Waals surface area contributed by atoms with Crippen molar-refractivity contribution in [3.63, 3.8) is 0 Å². The summed E-state index contributed by atoms with van der Waals surface area (Å²) in [5, 5.41) is 2.64. The number of esters is 1. The summed E-state index contributed by atoms with van der Waals surface area (Å²) in [5.41, 5.74) is 0.643. The smallest absolute Gasteiger partial charge is 0.322 e. The van der Waals surface area contributed by atoms with Gasteiger partial charge in [-0.1, -0.05) is 22.0 Å². The van der Waals surface area contributed by atoms with Gasteiger partial charge in [-0.3, -0.25) is 9.59 Å². The molecule has 0 bridgehead atoms. The summed E-state index contributed by atoms with van der Waals surface area (Å²) in [4.78, 5) is 21.5. The molecule has 1 N–H and O–H groups in total. The number of amides is 1. The molecule has 0 aliphatic carbocycles. The molecule has 98 valence electrons. The number of halogens is 1. The molecule has 1 aromatic carbocycles. The second kappa shape index (κ2) is 7.00. The Morgan fingerprint density at radius 3 is 2.78 bits per heavy atom. The molecule has 18 heavy (non-hydrogen) atoms. The molecule has 0 fully saturated rings. The Morgan fingerprint density at radius 2 is 2.17 bits per heavy atom. The van der Waals surface area contributed by atoms with Crippen molar-refractivity contribution >= 4 is 33.5 Å². The van der Waals surface area contributed by atoms with Crippen LogP contribution in [0.5, 0.6) is 5.75 Å². The minimum absolute atomic E-state index is 0.149. The average Bonchev–Trinajstić information content (AvgIpc) is 2.34. The van der Waals surface area contributed by atoms with E-state index in [0.29, 0.717) is 11.4 Å². The van der Waals surface area contributed by atoms with Crippen molar-refractivity contribution in [2.45, 2.75) is 11.8 Å². The van der Waals surface area contributed by atoms with Gasteiger partial charge in [-0.15, -0.1) is 0 Å². The molecule has 6 heteroatoms. The Balaban J connectivity index is 2.57. The molecule has 0 saturated carbocycles. The largest absolute Gasteiger partial charge is 0.492 e. The number of benzene rings is 1. The second-order valence-electron chi connectivity index (χ2n) is 3.51. The fourth-order valence-corrected chi connectivity index (χ4v) is 1.55. The van der Waals surface area contributed by atoms with E-state index >= 15 is 0 Å². The van der Waals surface area contributed by atoms with Crippen molar-refractivity contribution in [1.29, 1.82) is 0 Å². The van der Waals surface area contributed by atoms with Crippen LogP contribution in [-0.4, -0.2) is 30.4 Å². The molecule has 1 aromatic rings. The molecule has 0 aliphatic heterocycles. The third kappa shape index (κ3) is 4.75. The zero-order valence-corrected chi connectivity index (χ0v) is 11.7. The first-order chi connectivity index (χ1) is 8.52. The topological polar surface area (TPSA) is 64.6 Å². The second-order valence-corrected chi connectivity index (χ2v) is 4.62. The summed E-state index contributed by atoms with van der Waals surface area (Å²) in [6, 6.07) is 6.92. The van der Waals surface area contributed by atoms with E-state index in [2.05, 4.69) is 26.0 Å². The van der Waals surface area contributed by atoms with Gasteiger partial charge in [0.2, 0.25) is 5.91 Å². The monoisotopic (exact) mass is 315 g/mol. The molecule has 0 saturated heterocycles. The normalized spacial score (nSPS) is 11.5.